The maximum atomic E-state index is 12.7. The van der Waals surface area contributed by atoms with Crippen LogP contribution in [-0.4, -0.2) is 12.1 Å². The quantitative estimate of drug-likeness (QED) is 0.748. The number of pyridine rings is 1. The van der Waals surface area contributed by atoms with Gasteiger partial charge in [-0.25, -0.2) is 4.39 Å². The highest BCUT2D eigenvalue weighted by Crippen LogP contribution is 2.28. The minimum atomic E-state index is -0.244. The van der Waals surface area contributed by atoms with Crippen LogP contribution in [0.25, 0.3) is 11.1 Å². The summed E-state index contributed by atoms with van der Waals surface area (Å²) in [4.78, 5) is 3.96. The summed E-state index contributed by atoms with van der Waals surface area (Å²) in [5.41, 5.74) is 1.82. The summed E-state index contributed by atoms with van der Waals surface area (Å²) in [5.74, 6) is 0.441. The number of hydrogen-bond acceptors (Lipinski definition) is 2. The van der Waals surface area contributed by atoms with Gasteiger partial charge in [-0.2, -0.15) is 0 Å². The van der Waals surface area contributed by atoms with E-state index in [1.807, 2.05) is 6.07 Å². The van der Waals surface area contributed by atoms with Gasteiger partial charge in [0.25, 0.3) is 0 Å². The van der Waals surface area contributed by atoms with Gasteiger partial charge in [-0.3, -0.25) is 4.98 Å². The number of halogens is 1. The summed E-state index contributed by atoms with van der Waals surface area (Å²) in [5, 5.41) is 0. The molecule has 15 heavy (non-hydrogen) atoms. The molecular formula is C12H10FNO. The Morgan fingerprint density at radius 1 is 1.13 bits per heavy atom. The van der Waals surface area contributed by atoms with Crippen molar-refractivity contribution in [3.8, 4) is 16.9 Å². The van der Waals surface area contributed by atoms with Gasteiger partial charge < -0.3 is 4.74 Å². The van der Waals surface area contributed by atoms with Crippen molar-refractivity contribution in [2.45, 2.75) is 0 Å². The van der Waals surface area contributed by atoms with E-state index in [1.54, 1.807) is 31.6 Å². The Hall–Kier alpha value is -1.90. The fraction of sp³-hybridized carbons (Fsp3) is 0.0833. The molecule has 0 bridgehead atoms. The fourth-order valence-electron chi connectivity index (χ4n) is 1.41. The second kappa shape index (κ2) is 4.09. The van der Waals surface area contributed by atoms with Gasteiger partial charge in [0.1, 0.15) is 11.6 Å². The van der Waals surface area contributed by atoms with E-state index in [-0.39, 0.29) is 5.82 Å². The van der Waals surface area contributed by atoms with Gasteiger partial charge in [-0.05, 0) is 23.8 Å². The van der Waals surface area contributed by atoms with Crippen LogP contribution in [-0.2, 0) is 0 Å². The van der Waals surface area contributed by atoms with Crippen LogP contribution in [0.3, 0.4) is 0 Å². The predicted molar refractivity (Wildman–Crippen MR) is 56.2 cm³/mol. The van der Waals surface area contributed by atoms with E-state index in [0.29, 0.717) is 5.75 Å². The van der Waals surface area contributed by atoms with Crippen LogP contribution in [0.4, 0.5) is 4.39 Å². The molecule has 0 unspecified atom stereocenters. The maximum Gasteiger partial charge on any atom is 0.144 e. The number of nitrogens with zero attached hydrogens (tertiary/aromatic N) is 1. The lowest BCUT2D eigenvalue weighted by Crippen LogP contribution is -1.88. The summed E-state index contributed by atoms with van der Waals surface area (Å²) in [6.07, 6.45) is 3.32. The van der Waals surface area contributed by atoms with E-state index in [4.69, 9.17) is 4.74 Å². The number of benzene rings is 1. The Balaban J connectivity index is 2.49. The third-order valence-electron chi connectivity index (χ3n) is 2.16. The minimum absolute atomic E-state index is 0.244. The van der Waals surface area contributed by atoms with Crippen molar-refractivity contribution in [2.75, 3.05) is 7.11 Å². The third kappa shape index (κ3) is 1.96. The molecule has 1 aromatic carbocycles. The number of ether oxygens (including phenoxy) is 1. The molecule has 0 N–H and O–H groups in total. The van der Waals surface area contributed by atoms with Crippen LogP contribution in [0, 0.1) is 5.82 Å². The molecule has 2 nitrogen and oxygen atoms in total. The second-order valence-corrected chi connectivity index (χ2v) is 3.08. The average Bonchev–Trinajstić information content (AvgIpc) is 2.30. The summed E-state index contributed by atoms with van der Waals surface area (Å²) >= 11 is 0. The zero-order chi connectivity index (χ0) is 10.7. The third-order valence-corrected chi connectivity index (χ3v) is 2.16. The van der Waals surface area contributed by atoms with E-state index in [1.165, 1.54) is 12.1 Å². The van der Waals surface area contributed by atoms with Crippen LogP contribution in [0.1, 0.15) is 0 Å². The summed E-state index contributed by atoms with van der Waals surface area (Å²) in [7, 11) is 1.59. The molecule has 0 aliphatic carbocycles. The van der Waals surface area contributed by atoms with Crippen molar-refractivity contribution < 1.29 is 9.13 Å². The largest absolute Gasteiger partial charge is 0.494 e. The highest BCUT2D eigenvalue weighted by Gasteiger charge is 2.04. The predicted octanol–water partition coefficient (Wildman–Crippen LogP) is 2.90. The first-order chi connectivity index (χ1) is 7.31. The summed E-state index contributed by atoms with van der Waals surface area (Å²) < 4.78 is 17.9. The molecule has 1 heterocycles. The van der Waals surface area contributed by atoms with E-state index < -0.39 is 0 Å². The van der Waals surface area contributed by atoms with E-state index in [0.717, 1.165) is 11.1 Å². The first-order valence-corrected chi connectivity index (χ1v) is 4.55. The SMILES string of the molecule is COc1cnccc1-c1ccc(F)cc1. The Morgan fingerprint density at radius 2 is 1.87 bits per heavy atom. The van der Waals surface area contributed by atoms with Crippen LogP contribution >= 0.6 is 0 Å². The lowest BCUT2D eigenvalue weighted by atomic mass is 10.1. The standard InChI is InChI=1S/C12H10FNO/c1-15-12-8-14-7-6-11(12)9-2-4-10(13)5-3-9/h2-8H,1H3. The van der Waals surface area contributed by atoms with Crippen molar-refractivity contribution in [1.82, 2.24) is 4.98 Å². The molecule has 0 atom stereocenters. The monoisotopic (exact) mass is 203 g/mol. The summed E-state index contributed by atoms with van der Waals surface area (Å²) in [6, 6.07) is 8.12. The number of aromatic nitrogens is 1. The average molecular weight is 203 g/mol. The summed E-state index contributed by atoms with van der Waals surface area (Å²) in [6.45, 7) is 0. The number of hydrogen-bond donors (Lipinski definition) is 0. The zero-order valence-electron chi connectivity index (χ0n) is 8.27. The molecule has 0 radical (unpaired) electrons. The molecule has 0 fully saturated rings. The molecule has 3 heteroatoms. The first-order valence-electron chi connectivity index (χ1n) is 4.55. The topological polar surface area (TPSA) is 22.1 Å². The van der Waals surface area contributed by atoms with Crippen molar-refractivity contribution >= 4 is 0 Å². The van der Waals surface area contributed by atoms with Gasteiger partial charge in [-0.15, -0.1) is 0 Å². The Labute approximate surface area is 87.4 Å². The van der Waals surface area contributed by atoms with Gasteiger partial charge >= 0.3 is 0 Å². The molecule has 2 rings (SSSR count). The minimum Gasteiger partial charge on any atom is -0.494 e. The van der Waals surface area contributed by atoms with Crippen LogP contribution in [0.15, 0.2) is 42.7 Å². The Bertz CT molecular complexity index is 453. The lowest BCUT2D eigenvalue weighted by molar-refractivity contribution is 0.414. The Morgan fingerprint density at radius 3 is 2.53 bits per heavy atom. The second-order valence-electron chi connectivity index (χ2n) is 3.08. The molecule has 0 saturated heterocycles. The smallest absolute Gasteiger partial charge is 0.144 e. The van der Waals surface area contributed by atoms with E-state index in [2.05, 4.69) is 4.98 Å². The molecule has 0 spiro atoms. The van der Waals surface area contributed by atoms with Gasteiger partial charge in [0, 0.05) is 11.8 Å². The zero-order valence-corrected chi connectivity index (χ0v) is 8.27. The maximum absolute atomic E-state index is 12.7. The molecule has 2 aromatic rings. The van der Waals surface area contributed by atoms with Crippen LogP contribution in [0.2, 0.25) is 0 Å². The number of rotatable bonds is 2. The van der Waals surface area contributed by atoms with Crippen molar-refractivity contribution in [2.24, 2.45) is 0 Å². The molecule has 1 aromatic heterocycles. The van der Waals surface area contributed by atoms with Crippen LogP contribution in [0.5, 0.6) is 5.75 Å². The van der Waals surface area contributed by atoms with Gasteiger partial charge in [0.05, 0.1) is 13.3 Å². The highest BCUT2D eigenvalue weighted by molar-refractivity contribution is 5.69. The van der Waals surface area contributed by atoms with Gasteiger partial charge in [0.15, 0.2) is 0 Å². The number of methoxy groups -OCH3 is 1. The van der Waals surface area contributed by atoms with Gasteiger partial charge in [-0.1, -0.05) is 12.1 Å². The van der Waals surface area contributed by atoms with Crippen LogP contribution < -0.4 is 4.74 Å². The highest BCUT2D eigenvalue weighted by atomic mass is 19.1. The molecule has 0 aliphatic heterocycles. The normalized spacial score (nSPS) is 10.0. The van der Waals surface area contributed by atoms with Crippen molar-refractivity contribution in [3.63, 3.8) is 0 Å². The van der Waals surface area contributed by atoms with E-state index in [9.17, 15) is 4.39 Å². The molecule has 76 valence electrons. The first kappa shape index (κ1) is 9.65. The van der Waals surface area contributed by atoms with Crippen molar-refractivity contribution in [3.05, 3.63) is 48.5 Å². The fourth-order valence-corrected chi connectivity index (χ4v) is 1.41. The molecular weight excluding hydrogens is 193 g/mol. The molecule has 0 aliphatic rings. The Kier molecular flexibility index (Phi) is 2.63. The van der Waals surface area contributed by atoms with Gasteiger partial charge in [0.2, 0.25) is 0 Å². The van der Waals surface area contributed by atoms with Crippen molar-refractivity contribution in [1.29, 1.82) is 0 Å². The molecule has 0 saturated carbocycles. The van der Waals surface area contributed by atoms with E-state index >= 15 is 0 Å². The lowest BCUT2D eigenvalue weighted by Gasteiger charge is -2.07. The molecule has 0 amide bonds.